The molecule has 0 saturated carbocycles. The maximum atomic E-state index is 13.5. The van der Waals surface area contributed by atoms with Crippen LogP contribution in [0.15, 0.2) is 36.4 Å². The molecule has 2 aliphatic heterocycles. The van der Waals surface area contributed by atoms with Crippen LogP contribution in [0.2, 0.25) is 0 Å². The fourth-order valence-electron chi connectivity index (χ4n) is 4.43. The predicted molar refractivity (Wildman–Crippen MR) is 121 cm³/mol. The van der Waals surface area contributed by atoms with Crippen molar-refractivity contribution in [1.82, 2.24) is 0 Å². The number of aryl methyl sites for hydroxylation is 1. The van der Waals surface area contributed by atoms with Gasteiger partial charge in [0, 0.05) is 35.5 Å². The van der Waals surface area contributed by atoms with Crippen LogP contribution >= 0.6 is 0 Å². The van der Waals surface area contributed by atoms with Gasteiger partial charge in [-0.25, -0.2) is 0 Å². The summed E-state index contributed by atoms with van der Waals surface area (Å²) in [5, 5.41) is 3.26. The lowest BCUT2D eigenvalue weighted by molar-refractivity contribution is -0.170. The summed E-state index contributed by atoms with van der Waals surface area (Å²) in [4.78, 5) is 25.2. The number of hydrogen-bond acceptors (Lipinski definition) is 5. The van der Waals surface area contributed by atoms with Crippen LogP contribution in [-0.2, 0) is 27.3 Å². The molecule has 2 aromatic carbocycles. The second-order valence-corrected chi connectivity index (χ2v) is 8.84. The first-order valence-electron chi connectivity index (χ1n) is 11.3. The lowest BCUT2D eigenvalue weighted by atomic mass is 9.97. The number of hydrogen-bond donors (Lipinski definition) is 1. The molecule has 1 N–H and O–H groups in total. The van der Waals surface area contributed by atoms with Crippen molar-refractivity contribution in [2.24, 2.45) is 0 Å². The van der Waals surface area contributed by atoms with E-state index in [0.29, 0.717) is 16.9 Å². The fraction of sp³-hybridized carbons (Fsp3) is 0.440. The Kier molecular flexibility index (Phi) is 6.72. The molecule has 0 saturated heterocycles. The summed E-state index contributed by atoms with van der Waals surface area (Å²) in [5.74, 6) is -2.20. The Morgan fingerprint density at radius 1 is 1.24 bits per heavy atom. The van der Waals surface area contributed by atoms with Gasteiger partial charge in [-0.2, -0.15) is 13.2 Å². The van der Waals surface area contributed by atoms with E-state index in [4.69, 9.17) is 9.47 Å². The van der Waals surface area contributed by atoms with Gasteiger partial charge in [-0.1, -0.05) is 24.3 Å². The first kappa shape index (κ1) is 23.9. The number of alkyl halides is 3. The first-order valence-corrected chi connectivity index (χ1v) is 11.3. The van der Waals surface area contributed by atoms with Crippen molar-refractivity contribution in [3.05, 3.63) is 53.1 Å². The molecule has 0 spiro atoms. The van der Waals surface area contributed by atoms with E-state index >= 15 is 0 Å². The second-order valence-electron chi connectivity index (χ2n) is 8.84. The maximum absolute atomic E-state index is 13.5. The van der Waals surface area contributed by atoms with Crippen molar-refractivity contribution in [1.29, 1.82) is 0 Å². The molecule has 4 rings (SSSR count). The smallest absolute Gasteiger partial charge is 0.471 e. The molecule has 6 nitrogen and oxygen atoms in total. The van der Waals surface area contributed by atoms with Gasteiger partial charge in [-0.05, 0) is 43.9 Å². The zero-order valence-corrected chi connectivity index (χ0v) is 19.1. The average Bonchev–Trinajstić information content (AvgIpc) is 3.17. The normalized spacial score (nSPS) is 16.8. The van der Waals surface area contributed by atoms with E-state index in [-0.39, 0.29) is 43.3 Å². The van der Waals surface area contributed by atoms with Crippen molar-refractivity contribution in [2.75, 3.05) is 23.4 Å². The summed E-state index contributed by atoms with van der Waals surface area (Å²) in [5.41, 5.74) is 3.22. The third kappa shape index (κ3) is 5.13. The van der Waals surface area contributed by atoms with Gasteiger partial charge in [-0.15, -0.1) is 0 Å². The SMILES string of the molecule is CC(C)OC(=O)CC1COc2cc(N(Cc3cccc4c3NCCC4)C(=O)C(F)(F)F)ccc21. The summed E-state index contributed by atoms with van der Waals surface area (Å²) in [6, 6.07) is 10.0. The number of esters is 1. The molecule has 2 aromatic rings. The lowest BCUT2D eigenvalue weighted by Gasteiger charge is -2.27. The number of amides is 1. The number of ether oxygens (including phenoxy) is 2. The minimum atomic E-state index is -5.04. The van der Waals surface area contributed by atoms with E-state index in [1.165, 1.54) is 12.1 Å². The van der Waals surface area contributed by atoms with Gasteiger partial charge in [0.1, 0.15) is 5.75 Å². The summed E-state index contributed by atoms with van der Waals surface area (Å²) in [7, 11) is 0. The Balaban J connectivity index is 1.62. The summed E-state index contributed by atoms with van der Waals surface area (Å²) in [6.07, 6.45) is -3.40. The molecule has 1 unspecified atom stereocenters. The zero-order valence-electron chi connectivity index (χ0n) is 19.1. The van der Waals surface area contributed by atoms with Crippen LogP contribution in [0.25, 0.3) is 0 Å². The first-order chi connectivity index (χ1) is 16.1. The number of carbonyl (C=O) groups excluding carboxylic acids is 2. The summed E-state index contributed by atoms with van der Waals surface area (Å²) in [6.45, 7) is 4.22. The van der Waals surface area contributed by atoms with Crippen molar-refractivity contribution in [3.8, 4) is 5.75 Å². The molecule has 2 heterocycles. The highest BCUT2D eigenvalue weighted by molar-refractivity contribution is 5.97. The number of benzene rings is 2. The topological polar surface area (TPSA) is 67.9 Å². The van der Waals surface area contributed by atoms with Crippen molar-refractivity contribution in [3.63, 3.8) is 0 Å². The minimum Gasteiger partial charge on any atom is -0.493 e. The molecule has 0 fully saturated rings. The molecular formula is C25H27F3N2O4. The molecule has 0 aromatic heterocycles. The molecule has 1 atom stereocenters. The zero-order chi connectivity index (χ0) is 24.5. The number of nitrogens with zero attached hydrogens (tertiary/aromatic N) is 1. The van der Waals surface area contributed by atoms with Gasteiger partial charge in [0.2, 0.25) is 0 Å². The largest absolute Gasteiger partial charge is 0.493 e. The standard InChI is InChI=1S/C25H27F3N2O4/c1-15(2)34-22(31)11-18-14-33-21-12-19(8-9-20(18)21)30(24(32)25(26,27)28)13-17-6-3-5-16-7-4-10-29-23(16)17/h3,5-6,8-9,12,15,18,29H,4,7,10-11,13-14H2,1-2H3. The maximum Gasteiger partial charge on any atom is 0.471 e. The molecular weight excluding hydrogens is 449 g/mol. The summed E-state index contributed by atoms with van der Waals surface area (Å²) >= 11 is 0. The van der Waals surface area contributed by atoms with E-state index in [0.717, 1.165) is 35.5 Å². The molecule has 182 valence electrons. The molecule has 0 aliphatic carbocycles. The van der Waals surface area contributed by atoms with Gasteiger partial charge in [-0.3, -0.25) is 14.5 Å². The van der Waals surface area contributed by atoms with Gasteiger partial charge in [0.25, 0.3) is 0 Å². The van der Waals surface area contributed by atoms with E-state index in [1.807, 2.05) is 6.07 Å². The molecule has 2 aliphatic rings. The van der Waals surface area contributed by atoms with Crippen LogP contribution in [0.1, 0.15) is 49.3 Å². The fourth-order valence-corrected chi connectivity index (χ4v) is 4.43. The Labute approximate surface area is 196 Å². The number of rotatable bonds is 6. The Morgan fingerprint density at radius 2 is 2.03 bits per heavy atom. The quantitative estimate of drug-likeness (QED) is 0.597. The van der Waals surface area contributed by atoms with Gasteiger partial charge in [0.05, 0.1) is 25.7 Å². The molecule has 9 heteroatoms. The third-order valence-electron chi connectivity index (χ3n) is 5.95. The van der Waals surface area contributed by atoms with E-state index in [9.17, 15) is 22.8 Å². The van der Waals surface area contributed by atoms with Crippen LogP contribution in [0.3, 0.4) is 0 Å². The van der Waals surface area contributed by atoms with Crippen molar-refractivity contribution < 1.29 is 32.2 Å². The minimum absolute atomic E-state index is 0.0832. The highest BCUT2D eigenvalue weighted by Gasteiger charge is 2.43. The molecule has 34 heavy (non-hydrogen) atoms. The van der Waals surface area contributed by atoms with Crippen molar-refractivity contribution >= 4 is 23.3 Å². The summed E-state index contributed by atoms with van der Waals surface area (Å²) < 4.78 is 51.4. The monoisotopic (exact) mass is 476 g/mol. The van der Waals surface area contributed by atoms with Crippen LogP contribution in [0.4, 0.5) is 24.5 Å². The number of nitrogens with one attached hydrogen (secondary N) is 1. The van der Waals surface area contributed by atoms with Crippen LogP contribution < -0.4 is 15.0 Å². The number of fused-ring (bicyclic) bond motifs is 2. The van der Waals surface area contributed by atoms with Gasteiger partial charge in [0.15, 0.2) is 0 Å². The highest BCUT2D eigenvalue weighted by Crippen LogP contribution is 2.40. The Bertz CT molecular complexity index is 1080. The second kappa shape index (κ2) is 9.56. The predicted octanol–water partition coefficient (Wildman–Crippen LogP) is 4.96. The van der Waals surface area contributed by atoms with Gasteiger partial charge >= 0.3 is 18.1 Å². The van der Waals surface area contributed by atoms with E-state index in [1.54, 1.807) is 32.0 Å². The number of halogens is 3. The Hall–Kier alpha value is -3.23. The van der Waals surface area contributed by atoms with Gasteiger partial charge < -0.3 is 14.8 Å². The molecule has 0 bridgehead atoms. The van der Waals surface area contributed by atoms with Crippen LogP contribution in [0.5, 0.6) is 5.75 Å². The lowest BCUT2D eigenvalue weighted by Crippen LogP contribution is -2.41. The van der Waals surface area contributed by atoms with E-state index < -0.39 is 12.1 Å². The van der Waals surface area contributed by atoms with Crippen LogP contribution in [0, 0.1) is 0 Å². The average molecular weight is 476 g/mol. The van der Waals surface area contributed by atoms with Crippen molar-refractivity contribution in [2.45, 2.75) is 57.9 Å². The van der Waals surface area contributed by atoms with Crippen LogP contribution in [-0.4, -0.2) is 37.3 Å². The van der Waals surface area contributed by atoms with E-state index in [2.05, 4.69) is 5.32 Å². The number of anilines is 2. The number of para-hydroxylation sites is 1. The number of carbonyl (C=O) groups is 2. The molecule has 1 amide bonds. The molecule has 0 radical (unpaired) electrons. The Morgan fingerprint density at radius 3 is 2.76 bits per heavy atom. The highest BCUT2D eigenvalue weighted by atomic mass is 19.4. The third-order valence-corrected chi connectivity index (χ3v) is 5.95.